The molecule has 4 heteroatoms. The first-order valence-corrected chi connectivity index (χ1v) is 4.79. The van der Waals surface area contributed by atoms with Crippen molar-refractivity contribution in [1.29, 1.82) is 0 Å². The van der Waals surface area contributed by atoms with Crippen LogP contribution in [0.5, 0.6) is 0 Å². The highest BCUT2D eigenvalue weighted by molar-refractivity contribution is 5.95. The summed E-state index contributed by atoms with van der Waals surface area (Å²) in [5, 5.41) is 8.96. The monoisotopic (exact) mass is 212 g/mol. The van der Waals surface area contributed by atoms with E-state index in [9.17, 15) is 9.59 Å². The molecular formula is C11H18NO3. The minimum absolute atomic E-state index is 0.188. The Balaban J connectivity index is 4.70. The van der Waals surface area contributed by atoms with E-state index in [0.717, 1.165) is 4.90 Å². The quantitative estimate of drug-likeness (QED) is 0.705. The first-order chi connectivity index (χ1) is 6.77. The minimum atomic E-state index is -1.03. The van der Waals surface area contributed by atoms with Crippen LogP contribution in [0.4, 0.5) is 0 Å². The Morgan fingerprint density at radius 1 is 1.40 bits per heavy atom. The molecule has 0 aromatic rings. The SMILES string of the molecule is [CH2]N(C(=O)C(=C)C)[C@H](CC(C)C)C(=O)O. The molecule has 0 saturated heterocycles. The maximum absolute atomic E-state index is 11.5. The number of nitrogens with zero attached hydrogens (tertiary/aromatic N) is 1. The Labute approximate surface area is 90.6 Å². The Kier molecular flexibility index (Phi) is 5.05. The number of hydrogen-bond donors (Lipinski definition) is 1. The van der Waals surface area contributed by atoms with Gasteiger partial charge in [-0.3, -0.25) is 4.79 Å². The molecule has 0 aliphatic rings. The second-order valence-electron chi connectivity index (χ2n) is 4.04. The fourth-order valence-electron chi connectivity index (χ4n) is 1.19. The van der Waals surface area contributed by atoms with Crippen LogP contribution in [-0.4, -0.2) is 27.9 Å². The summed E-state index contributed by atoms with van der Waals surface area (Å²) >= 11 is 0. The van der Waals surface area contributed by atoms with Crippen molar-refractivity contribution in [2.45, 2.75) is 33.2 Å². The number of aliphatic carboxylic acids is 1. The molecule has 0 aromatic carbocycles. The van der Waals surface area contributed by atoms with Gasteiger partial charge < -0.3 is 10.0 Å². The van der Waals surface area contributed by atoms with E-state index in [1.165, 1.54) is 6.92 Å². The predicted molar refractivity (Wildman–Crippen MR) is 57.9 cm³/mol. The average molecular weight is 212 g/mol. The van der Waals surface area contributed by atoms with Crippen LogP contribution in [0.2, 0.25) is 0 Å². The highest BCUT2D eigenvalue weighted by atomic mass is 16.4. The van der Waals surface area contributed by atoms with Crippen LogP contribution < -0.4 is 0 Å². The molecule has 0 bridgehead atoms. The zero-order valence-corrected chi connectivity index (χ0v) is 9.49. The van der Waals surface area contributed by atoms with Gasteiger partial charge in [-0.1, -0.05) is 20.4 Å². The van der Waals surface area contributed by atoms with Gasteiger partial charge >= 0.3 is 5.97 Å². The Hall–Kier alpha value is -1.32. The van der Waals surface area contributed by atoms with Crippen LogP contribution in [0, 0.1) is 13.0 Å². The van der Waals surface area contributed by atoms with E-state index in [1.54, 1.807) is 0 Å². The number of carbonyl (C=O) groups excluding carboxylic acids is 1. The molecule has 15 heavy (non-hydrogen) atoms. The molecule has 0 rings (SSSR count). The molecule has 0 aromatic heterocycles. The lowest BCUT2D eigenvalue weighted by molar-refractivity contribution is -0.147. The molecule has 1 amide bonds. The average Bonchev–Trinajstić information content (AvgIpc) is 2.10. The fraction of sp³-hybridized carbons (Fsp3) is 0.545. The van der Waals surface area contributed by atoms with Gasteiger partial charge in [0.1, 0.15) is 6.04 Å². The maximum atomic E-state index is 11.5. The molecule has 1 atom stereocenters. The van der Waals surface area contributed by atoms with Gasteiger partial charge in [-0.2, -0.15) is 0 Å². The molecule has 0 spiro atoms. The Morgan fingerprint density at radius 2 is 1.87 bits per heavy atom. The standard InChI is InChI=1S/C11H18NO3/c1-7(2)6-9(11(14)15)12(5)10(13)8(3)4/h7,9H,3,5-6H2,1-2,4H3,(H,14,15)/t9-/m1/s1. The molecule has 0 aliphatic heterocycles. The third-order valence-electron chi connectivity index (χ3n) is 1.98. The highest BCUT2D eigenvalue weighted by Crippen LogP contribution is 2.13. The molecule has 1 radical (unpaired) electrons. The molecule has 0 heterocycles. The van der Waals surface area contributed by atoms with Crippen molar-refractivity contribution in [3.63, 3.8) is 0 Å². The number of carbonyl (C=O) groups is 2. The number of amides is 1. The van der Waals surface area contributed by atoms with E-state index in [0.29, 0.717) is 12.0 Å². The largest absolute Gasteiger partial charge is 0.480 e. The zero-order chi connectivity index (χ0) is 12.2. The maximum Gasteiger partial charge on any atom is 0.326 e. The predicted octanol–water partition coefficient (Wildman–Crippen LogP) is 1.68. The first kappa shape index (κ1) is 13.7. The normalized spacial score (nSPS) is 12.3. The number of hydrogen-bond acceptors (Lipinski definition) is 2. The smallest absolute Gasteiger partial charge is 0.326 e. The summed E-state index contributed by atoms with van der Waals surface area (Å²) < 4.78 is 0. The first-order valence-electron chi connectivity index (χ1n) is 4.79. The Morgan fingerprint density at radius 3 is 2.13 bits per heavy atom. The lowest BCUT2D eigenvalue weighted by Crippen LogP contribution is -2.42. The van der Waals surface area contributed by atoms with E-state index in [1.807, 2.05) is 13.8 Å². The summed E-state index contributed by atoms with van der Waals surface area (Å²) in [6.07, 6.45) is 0.387. The number of carboxylic acids is 1. The van der Waals surface area contributed by atoms with Gasteiger partial charge in [0.25, 0.3) is 0 Å². The zero-order valence-electron chi connectivity index (χ0n) is 9.49. The van der Waals surface area contributed by atoms with Gasteiger partial charge in [-0.25, -0.2) is 4.79 Å². The molecule has 0 saturated carbocycles. The van der Waals surface area contributed by atoms with E-state index >= 15 is 0 Å². The molecular weight excluding hydrogens is 194 g/mol. The molecule has 0 fully saturated rings. The summed E-state index contributed by atoms with van der Waals surface area (Å²) in [5.74, 6) is -1.27. The van der Waals surface area contributed by atoms with E-state index in [2.05, 4.69) is 13.6 Å². The summed E-state index contributed by atoms with van der Waals surface area (Å²) in [7, 11) is 3.48. The number of carboxylic acid groups (broad SMARTS) is 1. The van der Waals surface area contributed by atoms with Crippen molar-refractivity contribution in [3.05, 3.63) is 19.2 Å². The van der Waals surface area contributed by atoms with Gasteiger partial charge in [0.15, 0.2) is 0 Å². The van der Waals surface area contributed by atoms with Crippen LogP contribution in [0.25, 0.3) is 0 Å². The lowest BCUT2D eigenvalue weighted by Gasteiger charge is -2.25. The third kappa shape index (κ3) is 4.14. The molecule has 1 N–H and O–H groups in total. The van der Waals surface area contributed by atoms with Crippen molar-refractivity contribution in [3.8, 4) is 0 Å². The van der Waals surface area contributed by atoms with E-state index in [-0.39, 0.29) is 5.92 Å². The Bertz CT molecular complexity index is 271. The highest BCUT2D eigenvalue weighted by Gasteiger charge is 2.27. The lowest BCUT2D eigenvalue weighted by atomic mass is 10.0. The van der Waals surface area contributed by atoms with Crippen molar-refractivity contribution in [2.24, 2.45) is 5.92 Å². The van der Waals surface area contributed by atoms with Gasteiger partial charge in [0.05, 0.1) is 0 Å². The van der Waals surface area contributed by atoms with Crippen molar-refractivity contribution < 1.29 is 14.7 Å². The molecule has 4 nitrogen and oxygen atoms in total. The van der Waals surface area contributed by atoms with Crippen LogP contribution in [-0.2, 0) is 9.59 Å². The van der Waals surface area contributed by atoms with Gasteiger partial charge in [-0.05, 0) is 19.3 Å². The van der Waals surface area contributed by atoms with Crippen LogP contribution in [0.3, 0.4) is 0 Å². The summed E-state index contributed by atoms with van der Waals surface area (Å²) in [6.45, 7) is 8.81. The van der Waals surface area contributed by atoms with Gasteiger partial charge in [0, 0.05) is 12.6 Å². The van der Waals surface area contributed by atoms with Crippen LogP contribution in [0.15, 0.2) is 12.2 Å². The summed E-state index contributed by atoms with van der Waals surface area (Å²) in [5.41, 5.74) is 0.292. The molecule has 85 valence electrons. The van der Waals surface area contributed by atoms with Crippen molar-refractivity contribution in [2.75, 3.05) is 0 Å². The summed E-state index contributed by atoms with van der Waals surface area (Å²) in [6, 6.07) is -0.880. The topological polar surface area (TPSA) is 57.6 Å². The van der Waals surface area contributed by atoms with Crippen LogP contribution >= 0.6 is 0 Å². The van der Waals surface area contributed by atoms with Crippen molar-refractivity contribution >= 4 is 11.9 Å². The summed E-state index contributed by atoms with van der Waals surface area (Å²) in [4.78, 5) is 23.4. The van der Waals surface area contributed by atoms with Crippen LogP contribution in [0.1, 0.15) is 27.2 Å². The van der Waals surface area contributed by atoms with Crippen molar-refractivity contribution in [1.82, 2.24) is 4.90 Å². The number of rotatable bonds is 5. The third-order valence-corrected chi connectivity index (χ3v) is 1.98. The van der Waals surface area contributed by atoms with E-state index in [4.69, 9.17) is 5.11 Å². The fourth-order valence-corrected chi connectivity index (χ4v) is 1.19. The van der Waals surface area contributed by atoms with Gasteiger partial charge in [-0.15, -0.1) is 0 Å². The minimum Gasteiger partial charge on any atom is -0.480 e. The second-order valence-corrected chi connectivity index (χ2v) is 4.04. The molecule has 0 aliphatic carbocycles. The van der Waals surface area contributed by atoms with Gasteiger partial charge in [0.2, 0.25) is 5.91 Å². The second kappa shape index (κ2) is 5.53. The molecule has 0 unspecified atom stereocenters. The van der Waals surface area contributed by atoms with E-state index < -0.39 is 17.9 Å².